The third kappa shape index (κ3) is 9.09. The first-order valence-corrected chi connectivity index (χ1v) is 21.7. The van der Waals surface area contributed by atoms with Gasteiger partial charge in [-0.25, -0.2) is 4.79 Å². The van der Waals surface area contributed by atoms with Gasteiger partial charge in [0.05, 0.1) is 43.2 Å². The van der Waals surface area contributed by atoms with Gasteiger partial charge < -0.3 is 58.7 Å². The molecule has 17 atom stereocenters. The van der Waals surface area contributed by atoms with Gasteiger partial charge in [0, 0.05) is 44.4 Å². The van der Waals surface area contributed by atoms with E-state index >= 15 is 0 Å². The summed E-state index contributed by atoms with van der Waals surface area (Å²) in [6.45, 7) is 12.3. The lowest BCUT2D eigenvalue weighted by molar-refractivity contribution is -0.320. The van der Waals surface area contributed by atoms with Crippen molar-refractivity contribution in [1.29, 1.82) is 0 Å². The molecule has 6 fully saturated rings. The molecule has 0 radical (unpaired) electrons. The van der Waals surface area contributed by atoms with Gasteiger partial charge in [0.15, 0.2) is 17.2 Å². The molecule has 7 aliphatic rings. The van der Waals surface area contributed by atoms with E-state index in [1.54, 1.807) is 0 Å². The van der Waals surface area contributed by atoms with E-state index < -0.39 is 77.8 Å². The summed E-state index contributed by atoms with van der Waals surface area (Å²) in [7, 11) is 0. The molecule has 58 heavy (non-hydrogen) atoms. The zero-order chi connectivity index (χ0) is 41.6. The van der Waals surface area contributed by atoms with Crippen LogP contribution in [0.2, 0.25) is 0 Å². The molecule has 3 spiro atoms. The molecule has 0 aromatic rings. The highest BCUT2D eigenvalue weighted by atomic mass is 16.7. The van der Waals surface area contributed by atoms with Gasteiger partial charge in [-0.15, -0.1) is 0 Å². The van der Waals surface area contributed by atoms with Crippen LogP contribution in [0.15, 0.2) is 36.0 Å². The minimum atomic E-state index is -2.03. The molecule has 7 heterocycles. The third-order valence-corrected chi connectivity index (χ3v) is 14.0. The number of aliphatic carboxylic acids is 1. The second-order valence-electron chi connectivity index (χ2n) is 18.7. The lowest BCUT2D eigenvalue weighted by Gasteiger charge is -2.50. The number of ether oxygens (including phenoxy) is 7. The Bertz CT molecular complexity index is 1560. The predicted octanol–water partition coefficient (Wildman–Crippen LogP) is 4.39. The lowest BCUT2D eigenvalue weighted by atomic mass is 9.79. The van der Waals surface area contributed by atoms with Crippen LogP contribution in [0.5, 0.6) is 0 Å². The van der Waals surface area contributed by atoms with E-state index in [0.717, 1.165) is 38.7 Å². The van der Waals surface area contributed by atoms with Crippen molar-refractivity contribution < 1.29 is 68.3 Å². The Kier molecular flexibility index (Phi) is 13.2. The van der Waals surface area contributed by atoms with Crippen LogP contribution in [0, 0.1) is 17.8 Å². The number of aliphatic hydroxyl groups excluding tert-OH is 3. The van der Waals surface area contributed by atoms with Gasteiger partial charge in [-0.3, -0.25) is 4.79 Å². The molecule has 5 N–H and O–H groups in total. The summed E-state index contributed by atoms with van der Waals surface area (Å²) in [5.74, 6) is -4.34. The minimum Gasteiger partial charge on any atom is -0.479 e. The first-order valence-electron chi connectivity index (χ1n) is 21.7. The van der Waals surface area contributed by atoms with Gasteiger partial charge in [-0.2, -0.15) is 0 Å². The fraction of sp³-hybridized carbons (Fsp3) is 0.818. The SMILES string of the molecule is C=C1[C@@H](O)[C@@H]2O[C@]3(CC[C@H](/C=C/[C@@H](C)[C@@H]4CC(C=O)=C[C@@]5(O[C@@H](C[C@@](C)(O)C(=O)O)CC[C@H]5O)O4)O3)CC[C@H]2O[C@@H]1[C@@H](O)C[C@H](C)[C@H]1O[C@@]2(CCCCO2)CC[C@H]1C. The monoisotopic (exact) mass is 818 g/mol. The summed E-state index contributed by atoms with van der Waals surface area (Å²) >= 11 is 0. The van der Waals surface area contributed by atoms with Crippen LogP contribution >= 0.6 is 0 Å². The fourth-order valence-electron chi connectivity index (χ4n) is 10.5. The summed E-state index contributed by atoms with van der Waals surface area (Å²) in [4.78, 5) is 23.7. The van der Waals surface area contributed by atoms with Crippen molar-refractivity contribution in [3.8, 4) is 0 Å². The highest BCUT2D eigenvalue weighted by Gasteiger charge is 2.55. The summed E-state index contributed by atoms with van der Waals surface area (Å²) < 4.78 is 44.9. The van der Waals surface area contributed by atoms with Crippen molar-refractivity contribution in [2.24, 2.45) is 17.8 Å². The van der Waals surface area contributed by atoms with E-state index in [0.29, 0.717) is 61.9 Å². The average molecular weight is 819 g/mol. The van der Waals surface area contributed by atoms with Crippen molar-refractivity contribution in [3.63, 3.8) is 0 Å². The highest BCUT2D eigenvalue weighted by molar-refractivity contribution is 5.76. The summed E-state index contributed by atoms with van der Waals surface area (Å²) in [6, 6.07) is 0. The lowest BCUT2D eigenvalue weighted by Crippen LogP contribution is -2.60. The van der Waals surface area contributed by atoms with E-state index in [-0.39, 0.29) is 43.3 Å². The molecular weight excluding hydrogens is 752 g/mol. The van der Waals surface area contributed by atoms with Gasteiger partial charge in [0.1, 0.15) is 30.7 Å². The number of hydrogen-bond donors (Lipinski definition) is 5. The van der Waals surface area contributed by atoms with Crippen LogP contribution in [0.3, 0.4) is 0 Å². The number of aldehydes is 1. The maximum Gasteiger partial charge on any atom is 0.335 e. The minimum absolute atomic E-state index is 0.0347. The number of carboxylic acid groups (broad SMARTS) is 1. The fourth-order valence-corrected chi connectivity index (χ4v) is 10.5. The second kappa shape index (κ2) is 17.4. The number of carbonyl (C=O) groups is 2. The van der Waals surface area contributed by atoms with E-state index in [1.165, 1.54) is 13.0 Å². The molecule has 0 amide bonds. The molecular formula is C44H66O14. The number of hydrogen-bond acceptors (Lipinski definition) is 13. The van der Waals surface area contributed by atoms with Crippen molar-refractivity contribution in [2.45, 2.75) is 202 Å². The second-order valence-corrected chi connectivity index (χ2v) is 18.7. The van der Waals surface area contributed by atoms with Gasteiger partial charge in [-0.1, -0.05) is 39.5 Å². The Morgan fingerprint density at radius 2 is 1.76 bits per heavy atom. The molecule has 14 heteroatoms. The predicted molar refractivity (Wildman–Crippen MR) is 208 cm³/mol. The number of carboxylic acids is 1. The van der Waals surface area contributed by atoms with E-state index in [4.69, 9.17) is 33.2 Å². The Morgan fingerprint density at radius 1 is 1.00 bits per heavy atom. The Hall–Kier alpha value is -2.08. The molecule has 0 unspecified atom stereocenters. The Labute approximate surface area is 341 Å². The summed E-state index contributed by atoms with van der Waals surface area (Å²) in [5.41, 5.74) is -1.24. The number of aliphatic hydroxyl groups is 4. The van der Waals surface area contributed by atoms with Crippen molar-refractivity contribution in [2.75, 3.05) is 6.61 Å². The molecule has 7 rings (SSSR count). The van der Waals surface area contributed by atoms with Crippen LogP contribution in [0.4, 0.5) is 0 Å². The first-order chi connectivity index (χ1) is 27.5. The van der Waals surface area contributed by atoms with Crippen molar-refractivity contribution in [1.82, 2.24) is 0 Å². The van der Waals surface area contributed by atoms with Crippen LogP contribution in [0.1, 0.15) is 118 Å². The standard InChI is InChI=1S/C44H66O14/c1-25(34-21-29(24-45)22-44(56-34)35(47)11-10-31(55-44)23-41(5,51)40(49)50)8-9-30-13-17-43(54-30)18-14-33-39(58-43)36(48)28(4)38(53-33)32(46)20-27(3)37-26(2)12-16-42(57-37)15-6-7-19-52-42/h8-9,22,24-27,30-39,46-48,51H,4,6-7,10-21,23H2,1-3,5H3,(H,49,50)/b9-8+/t25-,26-,27+,30+,31-,32+,33-,34+,35-,36-,37+,38+,39-,41-,42+,43-,44-/m1/s1. The topological polar surface area (TPSA) is 200 Å². The summed E-state index contributed by atoms with van der Waals surface area (Å²) in [5, 5.41) is 54.0. The van der Waals surface area contributed by atoms with Crippen molar-refractivity contribution >= 4 is 12.3 Å². The van der Waals surface area contributed by atoms with Crippen molar-refractivity contribution in [3.05, 3.63) is 36.0 Å². The highest BCUT2D eigenvalue weighted by Crippen LogP contribution is 2.47. The molecule has 7 aliphatic heterocycles. The molecule has 0 bridgehead atoms. The average Bonchev–Trinajstić information content (AvgIpc) is 3.59. The quantitative estimate of drug-likeness (QED) is 0.145. The van der Waals surface area contributed by atoms with Crippen LogP contribution in [-0.2, 0) is 42.7 Å². The Morgan fingerprint density at radius 3 is 2.48 bits per heavy atom. The van der Waals surface area contributed by atoms with Gasteiger partial charge in [0.2, 0.25) is 5.79 Å². The number of carbonyl (C=O) groups excluding carboxylic acids is 1. The maximum absolute atomic E-state index is 12.1. The number of rotatable bonds is 11. The molecule has 326 valence electrons. The van der Waals surface area contributed by atoms with Crippen LogP contribution in [-0.4, -0.2) is 128 Å². The molecule has 0 aromatic heterocycles. The van der Waals surface area contributed by atoms with Crippen LogP contribution in [0.25, 0.3) is 0 Å². The van der Waals surface area contributed by atoms with E-state index in [1.807, 2.05) is 19.1 Å². The van der Waals surface area contributed by atoms with Gasteiger partial charge >= 0.3 is 5.97 Å². The largest absolute Gasteiger partial charge is 0.479 e. The summed E-state index contributed by atoms with van der Waals surface area (Å²) in [6.07, 6.45) is 8.01. The smallest absolute Gasteiger partial charge is 0.335 e. The molecule has 0 aliphatic carbocycles. The molecule has 6 saturated heterocycles. The Balaban J connectivity index is 0.931. The van der Waals surface area contributed by atoms with E-state index in [9.17, 15) is 35.1 Å². The van der Waals surface area contributed by atoms with Gasteiger partial charge in [-0.05, 0) is 87.3 Å². The number of fused-ring (bicyclic) bond motifs is 1. The first kappa shape index (κ1) is 44.0. The van der Waals surface area contributed by atoms with E-state index in [2.05, 4.69) is 20.4 Å². The zero-order valence-electron chi connectivity index (χ0n) is 34.5. The normalized spacial score (nSPS) is 44.8. The third-order valence-electron chi connectivity index (χ3n) is 14.0. The maximum atomic E-state index is 12.1. The van der Waals surface area contributed by atoms with Gasteiger partial charge in [0.25, 0.3) is 0 Å². The zero-order valence-corrected chi connectivity index (χ0v) is 34.5. The molecule has 0 aromatic carbocycles. The molecule has 14 nitrogen and oxygen atoms in total. The molecule has 0 saturated carbocycles. The van der Waals surface area contributed by atoms with Crippen LogP contribution < -0.4 is 0 Å².